The van der Waals surface area contributed by atoms with Crippen LogP contribution in [0.15, 0.2) is 30.3 Å². The SMILES string of the molecule is CC(OCC(O)CNCCC(C)(C)C)c1ccccc1. The maximum Gasteiger partial charge on any atom is 0.0897 e. The van der Waals surface area contributed by atoms with Gasteiger partial charge in [-0.1, -0.05) is 51.1 Å². The summed E-state index contributed by atoms with van der Waals surface area (Å²) in [6, 6.07) is 10.1. The zero-order valence-corrected chi connectivity index (χ0v) is 13.2. The Kier molecular flexibility index (Phi) is 7.20. The summed E-state index contributed by atoms with van der Waals surface area (Å²) in [6.07, 6.45) is 0.655. The van der Waals surface area contributed by atoms with E-state index in [0.717, 1.165) is 18.5 Å². The molecule has 1 aromatic rings. The van der Waals surface area contributed by atoms with Crippen LogP contribution >= 0.6 is 0 Å². The highest BCUT2D eigenvalue weighted by atomic mass is 16.5. The number of aliphatic hydroxyl groups excluding tert-OH is 1. The summed E-state index contributed by atoms with van der Waals surface area (Å²) in [5.41, 5.74) is 1.47. The van der Waals surface area contributed by atoms with Gasteiger partial charge >= 0.3 is 0 Å². The number of hydrogen-bond acceptors (Lipinski definition) is 3. The summed E-state index contributed by atoms with van der Waals surface area (Å²) in [4.78, 5) is 0. The van der Waals surface area contributed by atoms with Gasteiger partial charge in [0.15, 0.2) is 0 Å². The number of rotatable bonds is 8. The van der Waals surface area contributed by atoms with Gasteiger partial charge in [-0.05, 0) is 30.9 Å². The Hall–Kier alpha value is -0.900. The molecule has 0 spiro atoms. The van der Waals surface area contributed by atoms with E-state index in [2.05, 4.69) is 26.1 Å². The second kappa shape index (κ2) is 8.40. The lowest BCUT2D eigenvalue weighted by Crippen LogP contribution is -2.32. The van der Waals surface area contributed by atoms with E-state index >= 15 is 0 Å². The Morgan fingerprint density at radius 3 is 2.45 bits per heavy atom. The third-order valence-electron chi connectivity index (χ3n) is 3.24. The molecule has 20 heavy (non-hydrogen) atoms. The highest BCUT2D eigenvalue weighted by molar-refractivity contribution is 5.16. The smallest absolute Gasteiger partial charge is 0.0897 e. The third kappa shape index (κ3) is 7.63. The standard InChI is InChI=1S/C17H29NO2/c1-14(15-8-6-5-7-9-15)20-13-16(19)12-18-11-10-17(2,3)4/h5-9,14,16,18-19H,10-13H2,1-4H3. The van der Waals surface area contributed by atoms with Gasteiger partial charge in [0.2, 0.25) is 0 Å². The molecular weight excluding hydrogens is 250 g/mol. The molecule has 1 aromatic carbocycles. The van der Waals surface area contributed by atoms with Gasteiger partial charge in [0.05, 0.1) is 18.8 Å². The lowest BCUT2D eigenvalue weighted by Gasteiger charge is -2.20. The van der Waals surface area contributed by atoms with Gasteiger partial charge in [0.25, 0.3) is 0 Å². The van der Waals surface area contributed by atoms with Crippen molar-refractivity contribution in [1.82, 2.24) is 5.32 Å². The number of aliphatic hydroxyl groups is 1. The third-order valence-corrected chi connectivity index (χ3v) is 3.24. The maximum absolute atomic E-state index is 9.89. The van der Waals surface area contributed by atoms with Crippen molar-refractivity contribution in [3.8, 4) is 0 Å². The van der Waals surface area contributed by atoms with Crippen LogP contribution in [0.4, 0.5) is 0 Å². The van der Waals surface area contributed by atoms with Crippen LogP contribution in [0.1, 0.15) is 45.8 Å². The zero-order valence-electron chi connectivity index (χ0n) is 13.2. The lowest BCUT2D eigenvalue weighted by molar-refractivity contribution is -0.00212. The quantitative estimate of drug-likeness (QED) is 0.718. The number of benzene rings is 1. The molecule has 0 bridgehead atoms. The van der Waals surface area contributed by atoms with Gasteiger partial charge in [-0.3, -0.25) is 0 Å². The molecule has 0 fully saturated rings. The molecule has 0 amide bonds. The first-order valence-corrected chi connectivity index (χ1v) is 7.44. The normalized spacial score (nSPS) is 15.1. The number of ether oxygens (including phenoxy) is 1. The molecule has 2 atom stereocenters. The second-order valence-electron chi connectivity index (χ2n) is 6.55. The zero-order chi connectivity index (χ0) is 15.0. The predicted molar refractivity (Wildman–Crippen MR) is 83.8 cm³/mol. The molecule has 0 saturated carbocycles. The summed E-state index contributed by atoms with van der Waals surface area (Å²) in [5.74, 6) is 0. The van der Waals surface area contributed by atoms with Crippen LogP contribution in [0.25, 0.3) is 0 Å². The van der Waals surface area contributed by atoms with Crippen molar-refractivity contribution < 1.29 is 9.84 Å². The van der Waals surface area contributed by atoms with E-state index in [1.807, 2.05) is 37.3 Å². The van der Waals surface area contributed by atoms with Crippen LogP contribution < -0.4 is 5.32 Å². The highest BCUT2D eigenvalue weighted by Gasteiger charge is 2.11. The average Bonchev–Trinajstić information content (AvgIpc) is 2.41. The fraction of sp³-hybridized carbons (Fsp3) is 0.647. The Labute approximate surface area is 123 Å². The van der Waals surface area contributed by atoms with E-state index in [1.165, 1.54) is 0 Å². The minimum absolute atomic E-state index is 0.0143. The molecule has 114 valence electrons. The summed E-state index contributed by atoms with van der Waals surface area (Å²) in [5, 5.41) is 13.2. The van der Waals surface area contributed by atoms with Gasteiger partial charge in [-0.2, -0.15) is 0 Å². The first-order chi connectivity index (χ1) is 9.38. The molecule has 3 nitrogen and oxygen atoms in total. The molecule has 3 heteroatoms. The van der Waals surface area contributed by atoms with Crippen LogP contribution in [0, 0.1) is 5.41 Å². The van der Waals surface area contributed by atoms with Gasteiger partial charge < -0.3 is 15.2 Å². The van der Waals surface area contributed by atoms with E-state index in [9.17, 15) is 5.11 Å². The van der Waals surface area contributed by atoms with E-state index < -0.39 is 6.10 Å². The van der Waals surface area contributed by atoms with E-state index in [-0.39, 0.29) is 6.10 Å². The Morgan fingerprint density at radius 2 is 1.85 bits per heavy atom. The maximum atomic E-state index is 9.89. The summed E-state index contributed by atoms with van der Waals surface area (Å²) >= 11 is 0. The summed E-state index contributed by atoms with van der Waals surface area (Å²) in [7, 11) is 0. The Morgan fingerprint density at radius 1 is 1.20 bits per heavy atom. The van der Waals surface area contributed by atoms with Crippen LogP contribution in [-0.4, -0.2) is 30.9 Å². The fourth-order valence-electron chi connectivity index (χ4n) is 1.87. The molecular formula is C17H29NO2. The van der Waals surface area contributed by atoms with E-state index in [1.54, 1.807) is 0 Å². The lowest BCUT2D eigenvalue weighted by atomic mass is 9.92. The summed E-state index contributed by atoms with van der Waals surface area (Å²) in [6.45, 7) is 10.5. The van der Waals surface area contributed by atoms with E-state index in [4.69, 9.17) is 4.74 Å². The molecule has 2 N–H and O–H groups in total. The minimum Gasteiger partial charge on any atom is -0.389 e. The van der Waals surface area contributed by atoms with Crippen molar-refractivity contribution >= 4 is 0 Å². The molecule has 0 aliphatic carbocycles. The molecule has 0 aliphatic heterocycles. The fourth-order valence-corrected chi connectivity index (χ4v) is 1.87. The van der Waals surface area contributed by atoms with Crippen LogP contribution in [0.5, 0.6) is 0 Å². The highest BCUT2D eigenvalue weighted by Crippen LogP contribution is 2.17. The number of hydrogen-bond donors (Lipinski definition) is 2. The molecule has 0 heterocycles. The monoisotopic (exact) mass is 279 g/mol. The average molecular weight is 279 g/mol. The Bertz CT molecular complexity index is 359. The van der Waals surface area contributed by atoms with Gasteiger partial charge in [0.1, 0.15) is 0 Å². The van der Waals surface area contributed by atoms with Crippen molar-refractivity contribution in [3.05, 3.63) is 35.9 Å². The first kappa shape index (κ1) is 17.2. The van der Waals surface area contributed by atoms with Crippen LogP contribution in [0.2, 0.25) is 0 Å². The van der Waals surface area contributed by atoms with Gasteiger partial charge in [-0.25, -0.2) is 0 Å². The molecule has 0 aromatic heterocycles. The molecule has 0 aliphatic rings. The Balaban J connectivity index is 2.15. The largest absolute Gasteiger partial charge is 0.389 e. The van der Waals surface area contributed by atoms with E-state index in [0.29, 0.717) is 18.6 Å². The second-order valence-corrected chi connectivity index (χ2v) is 6.55. The summed E-state index contributed by atoms with van der Waals surface area (Å²) < 4.78 is 5.70. The van der Waals surface area contributed by atoms with Crippen molar-refractivity contribution in [3.63, 3.8) is 0 Å². The molecule has 1 rings (SSSR count). The van der Waals surface area contributed by atoms with Crippen molar-refractivity contribution in [2.45, 2.75) is 46.3 Å². The molecule has 0 radical (unpaired) electrons. The minimum atomic E-state index is -0.457. The van der Waals surface area contributed by atoms with Crippen molar-refractivity contribution in [2.24, 2.45) is 5.41 Å². The number of nitrogens with one attached hydrogen (secondary N) is 1. The topological polar surface area (TPSA) is 41.5 Å². The first-order valence-electron chi connectivity index (χ1n) is 7.44. The van der Waals surface area contributed by atoms with Crippen LogP contribution in [0.3, 0.4) is 0 Å². The molecule has 2 unspecified atom stereocenters. The van der Waals surface area contributed by atoms with Crippen molar-refractivity contribution in [1.29, 1.82) is 0 Å². The predicted octanol–water partition coefficient (Wildman–Crippen LogP) is 3.15. The van der Waals surface area contributed by atoms with Crippen LogP contribution in [-0.2, 0) is 4.74 Å². The van der Waals surface area contributed by atoms with Gasteiger partial charge in [-0.15, -0.1) is 0 Å². The van der Waals surface area contributed by atoms with Crippen molar-refractivity contribution in [2.75, 3.05) is 19.7 Å². The van der Waals surface area contributed by atoms with Gasteiger partial charge in [0, 0.05) is 6.54 Å². The molecule has 0 saturated heterocycles.